The van der Waals surface area contributed by atoms with Crippen LogP contribution in [0.2, 0.25) is 0 Å². The topological polar surface area (TPSA) is 79.2 Å². The second kappa shape index (κ2) is 9.15. The molecule has 2 aromatic carbocycles. The summed E-state index contributed by atoms with van der Waals surface area (Å²) in [5.41, 5.74) is 1.56. The molecule has 2 aromatic rings. The van der Waals surface area contributed by atoms with E-state index in [1.165, 1.54) is 16.7 Å². The van der Waals surface area contributed by atoms with Gasteiger partial charge in [-0.2, -0.15) is 0 Å². The molecule has 3 rings (SSSR count). The number of hydrogen-bond donors (Lipinski definition) is 1. The second-order valence-electron chi connectivity index (χ2n) is 5.96. The number of aromatic hydroxyl groups is 1. The molecule has 0 spiro atoms. The van der Waals surface area contributed by atoms with Crippen molar-refractivity contribution in [2.75, 3.05) is 13.7 Å². The monoisotopic (exact) mass is 538 g/mol. The van der Waals surface area contributed by atoms with E-state index in [1.54, 1.807) is 56.4 Å². The molecule has 1 fully saturated rings. The van der Waals surface area contributed by atoms with Crippen LogP contribution in [0.15, 0.2) is 55.2 Å². The molecule has 0 unspecified atom stereocenters. The summed E-state index contributed by atoms with van der Waals surface area (Å²) in [6.45, 7) is 2.06. The van der Waals surface area contributed by atoms with Crippen molar-refractivity contribution >= 4 is 72.4 Å². The zero-order valence-electron chi connectivity index (χ0n) is 15.5. The van der Waals surface area contributed by atoms with Crippen LogP contribution in [0.25, 0.3) is 6.08 Å². The van der Waals surface area contributed by atoms with Crippen LogP contribution < -0.4 is 0 Å². The maximum absolute atomic E-state index is 12.6. The van der Waals surface area contributed by atoms with Gasteiger partial charge in [0, 0.05) is 17.1 Å². The van der Waals surface area contributed by atoms with Gasteiger partial charge in [-0.3, -0.25) is 9.69 Å². The van der Waals surface area contributed by atoms with Crippen molar-refractivity contribution in [3.05, 3.63) is 61.4 Å². The molecule has 0 aromatic heterocycles. The number of hydrogen-bond acceptors (Lipinski definition) is 6. The molecule has 0 radical (unpaired) electrons. The zero-order valence-corrected chi connectivity index (χ0v) is 19.5. The summed E-state index contributed by atoms with van der Waals surface area (Å²) in [5.74, 6) is -0.552. The summed E-state index contributed by atoms with van der Waals surface area (Å²) in [6.07, 6.45) is 1.63. The SMILES string of the molecule is CCOC(=O)c1ccc(N=C2SC(=Cc3cc(Br)cc(Br)c3O)C(=O)N2C)cc1. The Morgan fingerprint density at radius 3 is 2.62 bits per heavy atom. The maximum atomic E-state index is 12.6. The maximum Gasteiger partial charge on any atom is 0.338 e. The van der Waals surface area contributed by atoms with Gasteiger partial charge >= 0.3 is 5.97 Å². The van der Waals surface area contributed by atoms with Gasteiger partial charge in [-0.15, -0.1) is 0 Å². The molecular weight excluding hydrogens is 524 g/mol. The number of carbonyl (C=O) groups excluding carboxylic acids is 2. The van der Waals surface area contributed by atoms with Gasteiger partial charge in [0.25, 0.3) is 5.91 Å². The normalized spacial score (nSPS) is 16.7. The molecule has 6 nitrogen and oxygen atoms in total. The van der Waals surface area contributed by atoms with Gasteiger partial charge in [0.05, 0.1) is 27.2 Å². The fraction of sp³-hybridized carbons (Fsp3) is 0.150. The fourth-order valence-electron chi connectivity index (χ4n) is 2.49. The number of esters is 1. The van der Waals surface area contributed by atoms with E-state index in [1.807, 2.05) is 0 Å². The van der Waals surface area contributed by atoms with E-state index < -0.39 is 0 Å². The Morgan fingerprint density at radius 1 is 1.28 bits per heavy atom. The number of aliphatic imine (C=N–C) groups is 1. The van der Waals surface area contributed by atoms with Gasteiger partial charge in [0.2, 0.25) is 0 Å². The third kappa shape index (κ3) is 4.91. The fourth-order valence-corrected chi connectivity index (χ4v) is 4.72. The molecule has 0 saturated carbocycles. The molecule has 1 aliphatic heterocycles. The number of halogens is 2. The van der Waals surface area contributed by atoms with Crippen molar-refractivity contribution in [2.24, 2.45) is 4.99 Å². The van der Waals surface area contributed by atoms with E-state index >= 15 is 0 Å². The van der Waals surface area contributed by atoms with Crippen molar-refractivity contribution in [1.82, 2.24) is 4.90 Å². The van der Waals surface area contributed by atoms with Crippen molar-refractivity contribution in [3.63, 3.8) is 0 Å². The Bertz CT molecular complexity index is 1040. The van der Waals surface area contributed by atoms with Crippen LogP contribution in [0.3, 0.4) is 0 Å². The van der Waals surface area contributed by atoms with Gasteiger partial charge < -0.3 is 9.84 Å². The minimum Gasteiger partial charge on any atom is -0.506 e. The largest absolute Gasteiger partial charge is 0.506 e. The summed E-state index contributed by atoms with van der Waals surface area (Å²) in [7, 11) is 1.64. The molecule has 0 atom stereocenters. The summed E-state index contributed by atoms with van der Waals surface area (Å²) >= 11 is 7.87. The van der Waals surface area contributed by atoms with Gasteiger partial charge in [-0.05, 0) is 77.1 Å². The van der Waals surface area contributed by atoms with Gasteiger partial charge in [0.1, 0.15) is 5.75 Å². The Labute approximate surface area is 188 Å². The van der Waals surface area contributed by atoms with Gasteiger partial charge in [0.15, 0.2) is 5.17 Å². The minimum atomic E-state index is -0.389. The number of amides is 1. The number of amidine groups is 1. The van der Waals surface area contributed by atoms with Crippen LogP contribution >= 0.6 is 43.6 Å². The smallest absolute Gasteiger partial charge is 0.338 e. The van der Waals surface area contributed by atoms with Crippen LogP contribution in [0.4, 0.5) is 5.69 Å². The molecule has 1 saturated heterocycles. The van der Waals surface area contributed by atoms with Crippen LogP contribution in [-0.4, -0.2) is 40.7 Å². The third-order valence-corrected chi connectivity index (χ3v) is 6.07. The number of rotatable bonds is 4. The zero-order chi connectivity index (χ0) is 21.1. The quantitative estimate of drug-likeness (QED) is 0.419. The average molecular weight is 540 g/mol. The number of nitrogens with zero attached hydrogens (tertiary/aromatic N) is 2. The third-order valence-electron chi connectivity index (χ3n) is 3.95. The van der Waals surface area contributed by atoms with Crippen molar-refractivity contribution in [1.29, 1.82) is 0 Å². The standard InChI is InChI=1S/C20H16Br2N2O4S/c1-3-28-19(27)11-4-6-14(7-5-11)23-20-24(2)18(26)16(29-20)9-12-8-13(21)10-15(22)17(12)25/h4-10,25H,3H2,1-2H3. The van der Waals surface area contributed by atoms with Crippen LogP contribution in [-0.2, 0) is 9.53 Å². The number of carbonyl (C=O) groups is 2. The van der Waals surface area contributed by atoms with E-state index in [9.17, 15) is 14.7 Å². The van der Waals surface area contributed by atoms with Crippen LogP contribution in [0.1, 0.15) is 22.8 Å². The molecule has 150 valence electrons. The lowest BCUT2D eigenvalue weighted by Crippen LogP contribution is -2.23. The molecule has 1 aliphatic rings. The number of phenols is 1. The Morgan fingerprint density at radius 2 is 1.97 bits per heavy atom. The molecule has 9 heteroatoms. The first-order chi connectivity index (χ1) is 13.8. The van der Waals surface area contributed by atoms with Crippen LogP contribution in [0.5, 0.6) is 5.75 Å². The number of benzene rings is 2. The van der Waals surface area contributed by atoms with E-state index in [0.717, 1.165) is 4.47 Å². The molecule has 0 aliphatic carbocycles. The van der Waals surface area contributed by atoms with Gasteiger partial charge in [-0.25, -0.2) is 9.79 Å². The van der Waals surface area contributed by atoms with Gasteiger partial charge in [-0.1, -0.05) is 15.9 Å². The summed E-state index contributed by atoms with van der Waals surface area (Å²) < 4.78 is 6.26. The number of phenolic OH excluding ortho intramolecular Hbond substituents is 1. The molecule has 1 heterocycles. The first-order valence-electron chi connectivity index (χ1n) is 8.51. The van der Waals surface area contributed by atoms with E-state index in [2.05, 4.69) is 36.9 Å². The first kappa shape index (κ1) is 21.6. The second-order valence-corrected chi connectivity index (χ2v) is 8.74. The highest BCUT2D eigenvalue weighted by Gasteiger charge is 2.30. The van der Waals surface area contributed by atoms with E-state index in [0.29, 0.717) is 38.0 Å². The number of likely N-dealkylation sites (N-methyl/N-ethyl adjacent to an activating group) is 1. The summed E-state index contributed by atoms with van der Waals surface area (Å²) in [5, 5.41) is 10.7. The predicted molar refractivity (Wildman–Crippen MR) is 121 cm³/mol. The predicted octanol–water partition coefficient (Wildman–Crippen LogP) is 5.33. The highest BCUT2D eigenvalue weighted by Crippen LogP contribution is 2.37. The lowest BCUT2D eigenvalue weighted by molar-refractivity contribution is -0.121. The lowest BCUT2D eigenvalue weighted by atomic mass is 10.2. The van der Waals surface area contributed by atoms with E-state index in [4.69, 9.17) is 4.74 Å². The van der Waals surface area contributed by atoms with Crippen molar-refractivity contribution < 1.29 is 19.4 Å². The van der Waals surface area contributed by atoms with Crippen LogP contribution in [0, 0.1) is 0 Å². The molecule has 0 bridgehead atoms. The summed E-state index contributed by atoms with van der Waals surface area (Å²) in [4.78, 5) is 30.7. The molecular formula is C20H16Br2N2O4S. The highest BCUT2D eigenvalue weighted by molar-refractivity contribution is 9.11. The minimum absolute atomic E-state index is 0.0525. The molecule has 29 heavy (non-hydrogen) atoms. The lowest BCUT2D eigenvalue weighted by Gasteiger charge is -2.07. The Balaban J connectivity index is 1.86. The summed E-state index contributed by atoms with van der Waals surface area (Å²) in [6, 6.07) is 10.1. The first-order valence-corrected chi connectivity index (χ1v) is 10.9. The Kier molecular flexibility index (Phi) is 6.81. The number of ether oxygens (including phenoxy) is 1. The van der Waals surface area contributed by atoms with Crippen molar-refractivity contribution in [3.8, 4) is 5.75 Å². The van der Waals surface area contributed by atoms with E-state index in [-0.39, 0.29) is 17.6 Å². The molecule has 1 amide bonds. The Hall–Kier alpha value is -2.10. The highest BCUT2D eigenvalue weighted by atomic mass is 79.9. The number of thioether (sulfide) groups is 1. The van der Waals surface area contributed by atoms with Crippen molar-refractivity contribution in [2.45, 2.75) is 6.92 Å². The molecule has 1 N–H and O–H groups in total. The average Bonchev–Trinajstić information content (AvgIpc) is 2.94.